The molecule has 3 aromatic rings. The summed E-state index contributed by atoms with van der Waals surface area (Å²) in [6.07, 6.45) is 0.162. The zero-order chi connectivity index (χ0) is 15.5. The van der Waals surface area contributed by atoms with Crippen LogP contribution in [0.1, 0.15) is 5.69 Å². The Balaban J connectivity index is 1.65. The van der Waals surface area contributed by atoms with E-state index in [0.29, 0.717) is 11.4 Å². The molecule has 0 fully saturated rings. The molecule has 0 aliphatic rings. The SMILES string of the molecule is O=C(Cc1csc(-c2ccsc2)n1)Nc1ccc(F)c(Cl)c1. The monoisotopic (exact) mass is 352 g/mol. The van der Waals surface area contributed by atoms with Crippen LogP contribution >= 0.6 is 34.3 Å². The average molecular weight is 353 g/mol. The normalized spacial score (nSPS) is 10.6. The molecule has 1 aromatic carbocycles. The summed E-state index contributed by atoms with van der Waals surface area (Å²) in [7, 11) is 0. The minimum Gasteiger partial charge on any atom is -0.326 e. The van der Waals surface area contributed by atoms with Gasteiger partial charge in [-0.15, -0.1) is 11.3 Å². The largest absolute Gasteiger partial charge is 0.326 e. The molecule has 3 rings (SSSR count). The van der Waals surface area contributed by atoms with Gasteiger partial charge in [0, 0.05) is 22.0 Å². The van der Waals surface area contributed by atoms with E-state index in [9.17, 15) is 9.18 Å². The minimum absolute atomic E-state index is 0.0220. The quantitative estimate of drug-likeness (QED) is 0.729. The van der Waals surface area contributed by atoms with E-state index in [4.69, 9.17) is 11.6 Å². The highest BCUT2D eigenvalue weighted by Gasteiger charge is 2.10. The first-order valence-corrected chi connectivity index (χ1v) is 8.54. The van der Waals surface area contributed by atoms with Crippen molar-refractivity contribution < 1.29 is 9.18 Å². The number of aromatic nitrogens is 1. The molecule has 112 valence electrons. The number of hydrogen-bond donors (Lipinski definition) is 1. The Morgan fingerprint density at radius 1 is 1.32 bits per heavy atom. The summed E-state index contributed by atoms with van der Waals surface area (Å²) in [5.41, 5.74) is 2.23. The molecule has 0 atom stereocenters. The zero-order valence-electron chi connectivity index (χ0n) is 11.2. The lowest BCUT2D eigenvalue weighted by molar-refractivity contribution is -0.115. The Hall–Kier alpha value is -1.76. The van der Waals surface area contributed by atoms with Crippen LogP contribution in [0.15, 0.2) is 40.4 Å². The summed E-state index contributed by atoms with van der Waals surface area (Å²) >= 11 is 8.79. The van der Waals surface area contributed by atoms with E-state index in [1.165, 1.54) is 29.5 Å². The highest BCUT2D eigenvalue weighted by atomic mass is 35.5. The van der Waals surface area contributed by atoms with Crippen LogP contribution in [0.25, 0.3) is 10.6 Å². The summed E-state index contributed by atoms with van der Waals surface area (Å²) in [5, 5.41) is 9.42. The number of anilines is 1. The van der Waals surface area contributed by atoms with Crippen LogP contribution in [-0.4, -0.2) is 10.9 Å². The van der Waals surface area contributed by atoms with Crippen molar-refractivity contribution in [3.8, 4) is 10.6 Å². The fourth-order valence-electron chi connectivity index (χ4n) is 1.85. The Morgan fingerprint density at radius 3 is 2.91 bits per heavy atom. The molecular weight excluding hydrogens is 343 g/mol. The number of thiazole rings is 1. The van der Waals surface area contributed by atoms with Crippen molar-refractivity contribution in [1.82, 2.24) is 4.98 Å². The molecule has 0 radical (unpaired) electrons. The highest BCUT2D eigenvalue weighted by molar-refractivity contribution is 7.14. The molecule has 3 nitrogen and oxygen atoms in total. The second kappa shape index (κ2) is 6.56. The second-order valence-electron chi connectivity index (χ2n) is 4.51. The maximum atomic E-state index is 13.1. The lowest BCUT2D eigenvalue weighted by atomic mass is 10.2. The van der Waals surface area contributed by atoms with Crippen LogP contribution in [0.4, 0.5) is 10.1 Å². The van der Waals surface area contributed by atoms with Gasteiger partial charge in [-0.2, -0.15) is 11.3 Å². The summed E-state index contributed by atoms with van der Waals surface area (Å²) in [6, 6.07) is 6.06. The third-order valence-electron chi connectivity index (χ3n) is 2.86. The van der Waals surface area contributed by atoms with Crippen molar-refractivity contribution in [3.63, 3.8) is 0 Å². The van der Waals surface area contributed by atoms with Gasteiger partial charge in [-0.3, -0.25) is 4.79 Å². The molecule has 2 aromatic heterocycles. The van der Waals surface area contributed by atoms with E-state index >= 15 is 0 Å². The topological polar surface area (TPSA) is 42.0 Å². The van der Waals surface area contributed by atoms with Gasteiger partial charge < -0.3 is 5.32 Å². The van der Waals surface area contributed by atoms with Gasteiger partial charge in [-0.25, -0.2) is 9.37 Å². The van der Waals surface area contributed by atoms with Gasteiger partial charge >= 0.3 is 0 Å². The van der Waals surface area contributed by atoms with Crippen molar-refractivity contribution in [2.75, 3.05) is 5.32 Å². The van der Waals surface area contributed by atoms with E-state index in [-0.39, 0.29) is 17.4 Å². The van der Waals surface area contributed by atoms with Gasteiger partial charge in [-0.1, -0.05) is 11.6 Å². The number of rotatable bonds is 4. The van der Waals surface area contributed by atoms with E-state index in [2.05, 4.69) is 10.3 Å². The third kappa shape index (κ3) is 3.52. The molecule has 7 heteroatoms. The fourth-order valence-corrected chi connectivity index (χ4v) is 3.56. The van der Waals surface area contributed by atoms with Crippen molar-refractivity contribution in [3.05, 3.63) is 56.9 Å². The smallest absolute Gasteiger partial charge is 0.230 e. The second-order valence-corrected chi connectivity index (χ2v) is 6.56. The van der Waals surface area contributed by atoms with Crippen LogP contribution in [-0.2, 0) is 11.2 Å². The summed E-state index contributed by atoms with van der Waals surface area (Å²) in [6.45, 7) is 0. The molecule has 0 aliphatic heterocycles. The molecule has 0 unspecified atom stereocenters. The van der Waals surface area contributed by atoms with Crippen LogP contribution in [0.2, 0.25) is 5.02 Å². The van der Waals surface area contributed by atoms with E-state index in [1.54, 1.807) is 11.3 Å². The fraction of sp³-hybridized carbons (Fsp3) is 0.0667. The van der Waals surface area contributed by atoms with Gasteiger partial charge in [0.15, 0.2) is 0 Å². The Morgan fingerprint density at radius 2 is 2.18 bits per heavy atom. The number of nitrogens with one attached hydrogen (secondary N) is 1. The molecule has 1 amide bonds. The predicted octanol–water partition coefficient (Wildman–Crippen LogP) is 4.85. The lowest BCUT2D eigenvalue weighted by Gasteiger charge is -2.04. The van der Waals surface area contributed by atoms with Crippen molar-refractivity contribution in [1.29, 1.82) is 0 Å². The molecule has 0 saturated carbocycles. The number of amides is 1. The van der Waals surface area contributed by atoms with Gasteiger partial charge in [0.05, 0.1) is 17.1 Å². The van der Waals surface area contributed by atoms with Crippen LogP contribution in [0.5, 0.6) is 0 Å². The van der Waals surface area contributed by atoms with Crippen LogP contribution < -0.4 is 5.32 Å². The van der Waals surface area contributed by atoms with E-state index in [0.717, 1.165) is 10.6 Å². The van der Waals surface area contributed by atoms with Crippen molar-refractivity contribution in [2.45, 2.75) is 6.42 Å². The Labute approximate surface area is 139 Å². The maximum Gasteiger partial charge on any atom is 0.230 e. The first-order valence-electron chi connectivity index (χ1n) is 6.34. The molecule has 0 saturated heterocycles. The maximum absolute atomic E-state index is 13.1. The molecule has 0 bridgehead atoms. The Kier molecular flexibility index (Phi) is 4.52. The number of halogens is 2. The van der Waals surface area contributed by atoms with Gasteiger partial charge in [-0.05, 0) is 29.6 Å². The molecule has 1 N–H and O–H groups in total. The number of carbonyl (C=O) groups is 1. The molecular formula is C15H10ClFN2OS2. The number of thiophene rings is 1. The average Bonchev–Trinajstić information content (AvgIpc) is 3.13. The van der Waals surface area contributed by atoms with Gasteiger partial charge in [0.25, 0.3) is 0 Å². The van der Waals surface area contributed by atoms with Crippen molar-refractivity contribution in [2.24, 2.45) is 0 Å². The van der Waals surface area contributed by atoms with E-state index < -0.39 is 5.82 Å². The molecule has 0 aliphatic carbocycles. The first-order chi connectivity index (χ1) is 10.6. The Bertz CT molecular complexity index is 802. The van der Waals surface area contributed by atoms with Crippen LogP contribution in [0.3, 0.4) is 0 Å². The molecule has 0 spiro atoms. The predicted molar refractivity (Wildman–Crippen MR) is 89.2 cm³/mol. The zero-order valence-corrected chi connectivity index (χ0v) is 13.6. The molecule has 22 heavy (non-hydrogen) atoms. The summed E-state index contributed by atoms with van der Waals surface area (Å²) < 4.78 is 13.1. The number of hydrogen-bond acceptors (Lipinski definition) is 4. The number of nitrogens with zero attached hydrogens (tertiary/aromatic N) is 1. The number of benzene rings is 1. The van der Waals surface area contributed by atoms with Crippen LogP contribution in [0, 0.1) is 5.82 Å². The van der Waals surface area contributed by atoms with Gasteiger partial charge in [0.1, 0.15) is 10.8 Å². The minimum atomic E-state index is -0.514. The summed E-state index contributed by atoms with van der Waals surface area (Å²) in [5.74, 6) is -0.732. The standard InChI is InChI=1S/C15H10ClFN2OS2/c16-12-5-10(1-2-13(12)17)18-14(20)6-11-8-22-15(19-11)9-3-4-21-7-9/h1-5,7-8H,6H2,(H,18,20). The van der Waals surface area contributed by atoms with Crippen molar-refractivity contribution >= 4 is 45.9 Å². The van der Waals surface area contributed by atoms with Gasteiger partial charge in [0.2, 0.25) is 5.91 Å². The third-order valence-corrected chi connectivity index (χ3v) is 4.78. The van der Waals surface area contributed by atoms with E-state index in [1.807, 2.05) is 22.2 Å². The number of carbonyl (C=O) groups excluding carboxylic acids is 1. The summed E-state index contributed by atoms with van der Waals surface area (Å²) in [4.78, 5) is 16.4. The molecule has 2 heterocycles. The lowest BCUT2D eigenvalue weighted by Crippen LogP contribution is -2.14. The first kappa shape index (κ1) is 15.1. The highest BCUT2D eigenvalue weighted by Crippen LogP contribution is 2.26.